The zero-order valence-electron chi connectivity index (χ0n) is 14.7. The highest BCUT2D eigenvalue weighted by atomic mass is 19.1. The van der Waals surface area contributed by atoms with Crippen LogP contribution in [-0.2, 0) is 22.6 Å². The molecule has 1 heterocycles. The van der Waals surface area contributed by atoms with Gasteiger partial charge >= 0.3 is 5.97 Å². The van der Waals surface area contributed by atoms with Gasteiger partial charge in [-0.25, -0.2) is 8.78 Å². The van der Waals surface area contributed by atoms with Crippen LogP contribution < -0.4 is 0 Å². The molecule has 1 atom stereocenters. The van der Waals surface area contributed by atoms with Crippen LogP contribution in [0.3, 0.4) is 0 Å². The molecule has 142 valence electrons. The smallest absolute Gasteiger partial charge is 0.305 e. The molecule has 1 aromatic heterocycles. The SMILES string of the molecule is CCCC(=O)OCC(O)CN(Cc1ccco1)Cc1ccc(F)cc1F. The van der Waals surface area contributed by atoms with Crippen LogP contribution in [0.5, 0.6) is 0 Å². The third-order valence-electron chi connectivity index (χ3n) is 3.73. The van der Waals surface area contributed by atoms with Crippen LogP contribution >= 0.6 is 0 Å². The molecule has 1 unspecified atom stereocenters. The monoisotopic (exact) mass is 367 g/mol. The van der Waals surface area contributed by atoms with Crippen molar-refractivity contribution in [3.63, 3.8) is 0 Å². The van der Waals surface area contributed by atoms with Gasteiger partial charge in [-0.2, -0.15) is 0 Å². The van der Waals surface area contributed by atoms with Crippen molar-refractivity contribution < 1.29 is 27.8 Å². The van der Waals surface area contributed by atoms with Gasteiger partial charge in [0.05, 0.1) is 12.8 Å². The maximum Gasteiger partial charge on any atom is 0.305 e. The van der Waals surface area contributed by atoms with E-state index in [1.165, 1.54) is 18.4 Å². The average molecular weight is 367 g/mol. The topological polar surface area (TPSA) is 62.9 Å². The number of aliphatic hydroxyl groups excluding tert-OH is 1. The lowest BCUT2D eigenvalue weighted by Crippen LogP contribution is -2.35. The van der Waals surface area contributed by atoms with Crippen LogP contribution in [-0.4, -0.2) is 35.2 Å². The normalized spacial score (nSPS) is 12.3. The molecule has 0 saturated carbocycles. The number of carbonyl (C=O) groups excluding carboxylic acids is 1. The van der Waals surface area contributed by atoms with Crippen molar-refractivity contribution >= 4 is 5.97 Å². The second kappa shape index (κ2) is 10.0. The lowest BCUT2D eigenvalue weighted by molar-refractivity contribution is -0.147. The highest BCUT2D eigenvalue weighted by Crippen LogP contribution is 2.15. The minimum absolute atomic E-state index is 0.136. The Morgan fingerprint density at radius 3 is 2.77 bits per heavy atom. The Morgan fingerprint density at radius 2 is 2.12 bits per heavy atom. The van der Waals surface area contributed by atoms with Crippen molar-refractivity contribution in [2.45, 2.75) is 39.0 Å². The van der Waals surface area contributed by atoms with E-state index in [1.54, 1.807) is 17.0 Å². The Kier molecular flexibility index (Phi) is 7.74. The zero-order valence-corrected chi connectivity index (χ0v) is 14.7. The summed E-state index contributed by atoms with van der Waals surface area (Å²) in [6.07, 6.45) is 1.55. The summed E-state index contributed by atoms with van der Waals surface area (Å²) in [4.78, 5) is 13.2. The van der Waals surface area contributed by atoms with Gasteiger partial charge in [-0.05, 0) is 24.6 Å². The fourth-order valence-corrected chi connectivity index (χ4v) is 2.51. The first-order valence-electron chi connectivity index (χ1n) is 8.50. The van der Waals surface area contributed by atoms with Gasteiger partial charge in [-0.3, -0.25) is 9.69 Å². The van der Waals surface area contributed by atoms with Gasteiger partial charge in [0, 0.05) is 31.1 Å². The van der Waals surface area contributed by atoms with Gasteiger partial charge in [-0.1, -0.05) is 13.0 Å². The van der Waals surface area contributed by atoms with Gasteiger partial charge in [0.2, 0.25) is 0 Å². The number of ether oxygens (including phenoxy) is 1. The first kappa shape index (κ1) is 20.1. The van der Waals surface area contributed by atoms with E-state index in [1.807, 2.05) is 6.92 Å². The maximum atomic E-state index is 13.9. The van der Waals surface area contributed by atoms with E-state index in [-0.39, 0.29) is 25.7 Å². The van der Waals surface area contributed by atoms with Crippen LogP contribution in [0.15, 0.2) is 41.0 Å². The minimum atomic E-state index is -0.936. The maximum absolute atomic E-state index is 13.9. The summed E-state index contributed by atoms with van der Waals surface area (Å²) in [6.45, 7) is 2.33. The number of hydrogen-bond acceptors (Lipinski definition) is 5. The summed E-state index contributed by atoms with van der Waals surface area (Å²) >= 11 is 0. The molecule has 0 aliphatic heterocycles. The van der Waals surface area contributed by atoms with Crippen molar-refractivity contribution in [1.29, 1.82) is 0 Å². The van der Waals surface area contributed by atoms with Crippen molar-refractivity contribution in [3.8, 4) is 0 Å². The van der Waals surface area contributed by atoms with E-state index in [9.17, 15) is 18.7 Å². The fourth-order valence-electron chi connectivity index (χ4n) is 2.51. The first-order valence-corrected chi connectivity index (χ1v) is 8.50. The van der Waals surface area contributed by atoms with Crippen LogP contribution in [0.2, 0.25) is 0 Å². The van der Waals surface area contributed by atoms with Crippen molar-refractivity contribution in [2.75, 3.05) is 13.2 Å². The Labute approximate surface area is 151 Å². The predicted molar refractivity (Wildman–Crippen MR) is 91.1 cm³/mol. The molecule has 0 saturated heterocycles. The summed E-state index contributed by atoms with van der Waals surface area (Å²) in [6, 6.07) is 6.87. The summed E-state index contributed by atoms with van der Waals surface area (Å²) in [5.74, 6) is -1.03. The number of aliphatic hydroxyl groups is 1. The van der Waals surface area contributed by atoms with Gasteiger partial charge in [0.25, 0.3) is 0 Å². The molecule has 2 rings (SSSR count). The molecule has 0 aliphatic rings. The van der Waals surface area contributed by atoms with Gasteiger partial charge < -0.3 is 14.3 Å². The largest absolute Gasteiger partial charge is 0.468 e. The quantitative estimate of drug-likeness (QED) is 0.653. The predicted octanol–water partition coefficient (Wildman–Crippen LogP) is 3.26. The van der Waals surface area contributed by atoms with Gasteiger partial charge in [0.1, 0.15) is 30.1 Å². The molecular formula is C19H23F2NO4. The lowest BCUT2D eigenvalue weighted by Gasteiger charge is -2.24. The molecule has 5 nitrogen and oxygen atoms in total. The highest BCUT2D eigenvalue weighted by Gasteiger charge is 2.17. The Bertz CT molecular complexity index is 691. The van der Waals surface area contributed by atoms with Crippen LogP contribution in [0, 0.1) is 11.6 Å². The average Bonchev–Trinajstić information content (AvgIpc) is 3.09. The number of furan rings is 1. The van der Waals surface area contributed by atoms with E-state index in [0.717, 1.165) is 6.07 Å². The van der Waals surface area contributed by atoms with Gasteiger partial charge in [0.15, 0.2) is 0 Å². The molecular weight excluding hydrogens is 344 g/mol. The molecule has 0 aliphatic carbocycles. The first-order chi connectivity index (χ1) is 12.5. The van der Waals surface area contributed by atoms with E-state index >= 15 is 0 Å². The summed E-state index contributed by atoms with van der Waals surface area (Å²) in [7, 11) is 0. The number of benzene rings is 1. The van der Waals surface area contributed by atoms with Crippen LogP contribution in [0.1, 0.15) is 31.1 Å². The Balaban J connectivity index is 1.99. The number of halogens is 2. The minimum Gasteiger partial charge on any atom is -0.468 e. The van der Waals surface area contributed by atoms with Crippen LogP contribution in [0.25, 0.3) is 0 Å². The molecule has 2 aromatic rings. The molecule has 0 spiro atoms. The van der Waals surface area contributed by atoms with Crippen molar-refractivity contribution in [2.24, 2.45) is 0 Å². The van der Waals surface area contributed by atoms with Crippen molar-refractivity contribution in [3.05, 3.63) is 59.6 Å². The van der Waals surface area contributed by atoms with E-state index in [0.29, 0.717) is 30.7 Å². The summed E-state index contributed by atoms with van der Waals surface area (Å²) < 4.78 is 37.3. The van der Waals surface area contributed by atoms with E-state index in [2.05, 4.69) is 0 Å². The number of esters is 1. The molecule has 0 radical (unpaired) electrons. The summed E-state index contributed by atoms with van der Waals surface area (Å²) in [5.41, 5.74) is 0.299. The van der Waals surface area contributed by atoms with Crippen molar-refractivity contribution in [1.82, 2.24) is 4.90 Å². The Morgan fingerprint density at radius 1 is 1.31 bits per heavy atom. The lowest BCUT2D eigenvalue weighted by atomic mass is 10.1. The highest BCUT2D eigenvalue weighted by molar-refractivity contribution is 5.69. The molecule has 1 N–H and O–H groups in total. The standard InChI is InChI=1S/C19H23F2NO4/c1-2-4-19(24)26-13-16(23)11-22(12-17-5-3-8-25-17)10-14-6-7-15(20)9-18(14)21/h3,5-9,16,23H,2,4,10-13H2,1H3. The van der Waals surface area contributed by atoms with E-state index < -0.39 is 17.7 Å². The Hall–Kier alpha value is -2.25. The number of carbonyl (C=O) groups is 1. The number of hydrogen-bond donors (Lipinski definition) is 1. The third kappa shape index (κ3) is 6.57. The van der Waals surface area contributed by atoms with Gasteiger partial charge in [-0.15, -0.1) is 0 Å². The number of nitrogens with zero attached hydrogens (tertiary/aromatic N) is 1. The van der Waals surface area contributed by atoms with Crippen LogP contribution in [0.4, 0.5) is 8.78 Å². The third-order valence-corrected chi connectivity index (χ3v) is 3.73. The molecule has 0 fully saturated rings. The fraction of sp³-hybridized carbons (Fsp3) is 0.421. The number of rotatable bonds is 10. The second-order valence-electron chi connectivity index (χ2n) is 6.07. The molecule has 0 bridgehead atoms. The van der Waals surface area contributed by atoms with E-state index in [4.69, 9.17) is 9.15 Å². The molecule has 1 aromatic carbocycles. The molecule has 0 amide bonds. The molecule has 7 heteroatoms. The second-order valence-corrected chi connectivity index (χ2v) is 6.07. The molecule has 26 heavy (non-hydrogen) atoms. The zero-order chi connectivity index (χ0) is 18.9. The summed E-state index contributed by atoms with van der Waals surface area (Å²) in [5, 5.41) is 10.2.